The lowest BCUT2D eigenvalue weighted by molar-refractivity contribution is 0.111. The van der Waals surface area contributed by atoms with Crippen LogP contribution in [0.2, 0.25) is 5.02 Å². The first-order valence-electron chi connectivity index (χ1n) is 4.92. The van der Waals surface area contributed by atoms with E-state index in [-0.39, 0.29) is 0 Å². The summed E-state index contributed by atoms with van der Waals surface area (Å²) in [7, 11) is 1.88. The highest BCUT2D eigenvalue weighted by Crippen LogP contribution is 2.29. The van der Waals surface area contributed by atoms with Gasteiger partial charge in [-0.15, -0.1) is 0 Å². The molecule has 1 N–H and O–H groups in total. The van der Waals surface area contributed by atoms with Crippen molar-refractivity contribution in [2.45, 2.75) is 0 Å². The first-order chi connectivity index (χ1) is 7.70. The van der Waals surface area contributed by atoms with Gasteiger partial charge in [0.15, 0.2) is 6.29 Å². The molecule has 0 radical (unpaired) electrons. The van der Waals surface area contributed by atoms with Gasteiger partial charge in [-0.25, -0.2) is 0 Å². The third-order valence-electron chi connectivity index (χ3n) is 2.90. The molecule has 0 aliphatic heterocycles. The number of hydrogen-bond donors (Lipinski definition) is 1. The molecule has 80 valence electrons. The highest BCUT2D eigenvalue weighted by molar-refractivity contribution is 6.31. The minimum atomic E-state index is 0.656. The van der Waals surface area contributed by atoms with Crippen molar-refractivity contribution in [3.05, 3.63) is 35.0 Å². The summed E-state index contributed by atoms with van der Waals surface area (Å²) in [6.45, 7) is 0. The van der Waals surface area contributed by atoms with Crippen molar-refractivity contribution in [3.8, 4) is 0 Å². The van der Waals surface area contributed by atoms with Gasteiger partial charge in [-0.05, 0) is 24.3 Å². The van der Waals surface area contributed by atoms with Crippen LogP contribution in [0.25, 0.3) is 21.9 Å². The van der Waals surface area contributed by atoms with Gasteiger partial charge in [0, 0.05) is 23.0 Å². The predicted molar refractivity (Wildman–Crippen MR) is 65.2 cm³/mol. The zero-order valence-electron chi connectivity index (χ0n) is 8.62. The summed E-state index contributed by atoms with van der Waals surface area (Å²) in [5.41, 5.74) is 3.66. The third-order valence-corrected chi connectivity index (χ3v) is 3.13. The number of halogens is 1. The van der Waals surface area contributed by atoms with Gasteiger partial charge in [-0.3, -0.25) is 4.79 Å². The van der Waals surface area contributed by atoms with Crippen molar-refractivity contribution in [2.24, 2.45) is 7.05 Å². The number of carbonyl (C=O) groups is 1. The summed E-state index contributed by atoms with van der Waals surface area (Å²) >= 11 is 5.98. The Hall–Kier alpha value is -1.74. The second-order valence-electron chi connectivity index (χ2n) is 3.82. The van der Waals surface area contributed by atoms with Gasteiger partial charge in [-0.2, -0.15) is 0 Å². The van der Waals surface area contributed by atoms with Gasteiger partial charge in [0.2, 0.25) is 0 Å². The van der Waals surface area contributed by atoms with Gasteiger partial charge in [0.1, 0.15) is 0 Å². The molecule has 0 aliphatic rings. The Bertz CT molecular complexity index is 709. The minimum absolute atomic E-state index is 0.656. The number of carbonyl (C=O) groups excluding carboxylic acids is 1. The van der Waals surface area contributed by atoms with Crippen molar-refractivity contribution < 1.29 is 4.79 Å². The highest BCUT2D eigenvalue weighted by Gasteiger charge is 2.11. The maximum Gasteiger partial charge on any atom is 0.166 e. The number of hydrogen-bond acceptors (Lipinski definition) is 1. The second-order valence-corrected chi connectivity index (χ2v) is 4.26. The Morgan fingerprint density at radius 2 is 2.12 bits per heavy atom. The largest absolute Gasteiger partial charge is 0.353 e. The van der Waals surface area contributed by atoms with Gasteiger partial charge in [-0.1, -0.05) is 11.6 Å². The Morgan fingerprint density at radius 3 is 2.88 bits per heavy atom. The number of nitrogens with one attached hydrogen (secondary N) is 1. The molecular formula is C12H9ClN2O. The number of rotatable bonds is 1. The molecular weight excluding hydrogens is 224 g/mol. The molecule has 0 atom stereocenters. The molecule has 0 saturated heterocycles. The van der Waals surface area contributed by atoms with Crippen molar-refractivity contribution >= 4 is 39.8 Å². The molecule has 0 amide bonds. The molecule has 4 heteroatoms. The van der Waals surface area contributed by atoms with Crippen LogP contribution in [-0.2, 0) is 7.05 Å². The summed E-state index contributed by atoms with van der Waals surface area (Å²) in [4.78, 5) is 14.1. The molecule has 0 fully saturated rings. The number of aryl methyl sites for hydroxylation is 1. The van der Waals surface area contributed by atoms with E-state index in [0.29, 0.717) is 10.7 Å². The molecule has 2 heterocycles. The number of H-pyrrole nitrogens is 1. The first-order valence-corrected chi connectivity index (χ1v) is 5.30. The summed E-state index contributed by atoms with van der Waals surface area (Å²) in [5, 5.41) is 1.74. The average Bonchev–Trinajstić information content (AvgIpc) is 2.76. The van der Waals surface area contributed by atoms with Gasteiger partial charge < -0.3 is 9.55 Å². The summed E-state index contributed by atoms with van der Waals surface area (Å²) in [6.07, 6.45) is 0.851. The van der Waals surface area contributed by atoms with Crippen LogP contribution in [0.5, 0.6) is 0 Å². The van der Waals surface area contributed by atoms with Gasteiger partial charge in [0.05, 0.1) is 16.7 Å². The van der Waals surface area contributed by atoms with E-state index in [1.54, 1.807) is 0 Å². The summed E-state index contributed by atoms with van der Waals surface area (Å²) in [5.74, 6) is 0. The maximum absolute atomic E-state index is 10.8. The second kappa shape index (κ2) is 3.12. The average molecular weight is 233 g/mol. The van der Waals surface area contributed by atoms with E-state index in [4.69, 9.17) is 11.6 Å². The van der Waals surface area contributed by atoms with E-state index in [1.165, 1.54) is 0 Å². The molecule has 0 aliphatic carbocycles. The lowest BCUT2D eigenvalue weighted by atomic mass is 10.2. The zero-order chi connectivity index (χ0) is 11.3. The van der Waals surface area contributed by atoms with Crippen molar-refractivity contribution in [1.29, 1.82) is 0 Å². The monoisotopic (exact) mass is 232 g/mol. The van der Waals surface area contributed by atoms with Crippen LogP contribution in [0.1, 0.15) is 10.5 Å². The third kappa shape index (κ3) is 1.12. The number of aromatic amines is 1. The van der Waals surface area contributed by atoms with Crippen LogP contribution >= 0.6 is 11.6 Å². The normalized spacial score (nSPS) is 11.4. The van der Waals surface area contributed by atoms with E-state index in [2.05, 4.69) is 4.98 Å². The minimum Gasteiger partial charge on any atom is -0.353 e. The van der Waals surface area contributed by atoms with Crippen LogP contribution in [-0.4, -0.2) is 15.8 Å². The molecule has 3 aromatic rings. The Balaban J connectivity index is 2.53. The number of aldehydes is 1. The number of aromatic nitrogens is 2. The SMILES string of the molecule is Cn1c(C=O)cc2[nH]c3ccc(Cl)cc3c21. The van der Waals surface area contributed by atoms with E-state index in [1.807, 2.05) is 35.9 Å². The van der Waals surface area contributed by atoms with E-state index in [9.17, 15) is 4.79 Å². The topological polar surface area (TPSA) is 37.8 Å². The molecule has 0 spiro atoms. The van der Waals surface area contributed by atoms with Crippen LogP contribution in [0, 0.1) is 0 Å². The van der Waals surface area contributed by atoms with Crippen molar-refractivity contribution in [2.75, 3.05) is 0 Å². The standard InChI is InChI=1S/C12H9ClN2O/c1-15-8(6-16)5-11-12(15)9-4-7(13)2-3-10(9)14-11/h2-6,14H,1H3. The van der Waals surface area contributed by atoms with Crippen LogP contribution < -0.4 is 0 Å². The highest BCUT2D eigenvalue weighted by atomic mass is 35.5. The van der Waals surface area contributed by atoms with Gasteiger partial charge >= 0.3 is 0 Å². The van der Waals surface area contributed by atoms with E-state index < -0.39 is 0 Å². The predicted octanol–water partition coefficient (Wildman–Crippen LogP) is 3.13. The van der Waals surface area contributed by atoms with Crippen molar-refractivity contribution in [1.82, 2.24) is 9.55 Å². The summed E-state index contributed by atoms with van der Waals surface area (Å²) < 4.78 is 1.87. The quantitative estimate of drug-likeness (QED) is 0.643. The lowest BCUT2D eigenvalue weighted by Crippen LogP contribution is -1.93. The molecule has 0 unspecified atom stereocenters. The molecule has 3 nitrogen and oxygen atoms in total. The molecule has 2 aromatic heterocycles. The lowest BCUT2D eigenvalue weighted by Gasteiger charge is -1.97. The first kappa shape index (κ1) is 9.48. The molecule has 0 bridgehead atoms. The van der Waals surface area contributed by atoms with Gasteiger partial charge in [0.25, 0.3) is 0 Å². The Labute approximate surface area is 96.6 Å². The zero-order valence-corrected chi connectivity index (χ0v) is 9.38. The molecule has 1 aromatic carbocycles. The van der Waals surface area contributed by atoms with Crippen LogP contribution in [0.4, 0.5) is 0 Å². The van der Waals surface area contributed by atoms with E-state index in [0.717, 1.165) is 28.2 Å². The van der Waals surface area contributed by atoms with Crippen molar-refractivity contribution in [3.63, 3.8) is 0 Å². The number of nitrogens with zero attached hydrogens (tertiary/aromatic N) is 1. The van der Waals surface area contributed by atoms with Crippen LogP contribution in [0.15, 0.2) is 24.3 Å². The molecule has 16 heavy (non-hydrogen) atoms. The Morgan fingerprint density at radius 1 is 1.31 bits per heavy atom. The number of benzene rings is 1. The smallest absolute Gasteiger partial charge is 0.166 e. The molecule has 0 saturated carbocycles. The van der Waals surface area contributed by atoms with E-state index >= 15 is 0 Å². The fourth-order valence-electron chi connectivity index (χ4n) is 2.12. The Kier molecular flexibility index (Phi) is 1.85. The van der Waals surface area contributed by atoms with Crippen LogP contribution in [0.3, 0.4) is 0 Å². The fraction of sp³-hybridized carbons (Fsp3) is 0.0833. The molecule has 3 rings (SSSR count). The fourth-order valence-corrected chi connectivity index (χ4v) is 2.30. The summed E-state index contributed by atoms with van der Waals surface area (Å²) in [6, 6.07) is 7.54. The number of fused-ring (bicyclic) bond motifs is 3. The maximum atomic E-state index is 10.8.